The molecule has 0 aliphatic heterocycles. The Bertz CT molecular complexity index is 503. The molecule has 5 nitrogen and oxygen atoms in total. The highest BCUT2D eigenvalue weighted by molar-refractivity contribution is 5.86. The zero-order valence-corrected chi connectivity index (χ0v) is 10.6. The summed E-state index contributed by atoms with van der Waals surface area (Å²) in [7, 11) is 0. The van der Waals surface area contributed by atoms with E-state index in [4.69, 9.17) is 19.8 Å². The summed E-state index contributed by atoms with van der Waals surface area (Å²) in [6.45, 7) is 2.48. The molecule has 0 aliphatic rings. The van der Waals surface area contributed by atoms with E-state index in [2.05, 4.69) is 0 Å². The van der Waals surface area contributed by atoms with Crippen molar-refractivity contribution in [1.82, 2.24) is 0 Å². The van der Waals surface area contributed by atoms with Gasteiger partial charge in [-0.05, 0) is 24.6 Å². The molecular formula is C14H15NO4. The molecule has 0 saturated heterocycles. The predicted octanol–water partition coefficient (Wildman–Crippen LogP) is 2.48. The van der Waals surface area contributed by atoms with Crippen molar-refractivity contribution in [2.75, 3.05) is 13.2 Å². The average molecular weight is 261 g/mol. The number of hydrogen-bond donors (Lipinski definition) is 1. The maximum atomic E-state index is 10.5. The van der Waals surface area contributed by atoms with Crippen LogP contribution in [0, 0.1) is 11.3 Å². The highest BCUT2D eigenvalue weighted by Crippen LogP contribution is 2.26. The van der Waals surface area contributed by atoms with E-state index in [-0.39, 0.29) is 6.61 Å². The Morgan fingerprint density at radius 2 is 2.26 bits per heavy atom. The van der Waals surface area contributed by atoms with Gasteiger partial charge in [-0.1, -0.05) is 6.92 Å². The maximum Gasteiger partial charge on any atom is 0.328 e. The second-order valence-corrected chi connectivity index (χ2v) is 3.67. The van der Waals surface area contributed by atoms with E-state index in [1.807, 2.05) is 13.0 Å². The average Bonchev–Trinajstić information content (AvgIpc) is 2.41. The van der Waals surface area contributed by atoms with Crippen molar-refractivity contribution in [3.05, 3.63) is 29.8 Å². The number of ether oxygens (including phenoxy) is 2. The fourth-order valence-electron chi connectivity index (χ4n) is 1.36. The van der Waals surface area contributed by atoms with Gasteiger partial charge in [-0.15, -0.1) is 0 Å². The van der Waals surface area contributed by atoms with Gasteiger partial charge in [-0.25, -0.2) is 4.79 Å². The van der Waals surface area contributed by atoms with Crippen LogP contribution in [0.2, 0.25) is 0 Å². The first-order chi connectivity index (χ1) is 9.17. The zero-order chi connectivity index (χ0) is 14.1. The third-order valence-corrected chi connectivity index (χ3v) is 2.16. The monoisotopic (exact) mass is 261 g/mol. The van der Waals surface area contributed by atoms with Gasteiger partial charge in [0.25, 0.3) is 0 Å². The lowest BCUT2D eigenvalue weighted by atomic mass is 10.1. The Hall–Kier alpha value is -2.48. The normalized spacial score (nSPS) is 10.1. The van der Waals surface area contributed by atoms with Crippen molar-refractivity contribution in [3.8, 4) is 17.6 Å². The van der Waals surface area contributed by atoms with E-state index in [0.29, 0.717) is 23.7 Å². The lowest BCUT2D eigenvalue weighted by Crippen LogP contribution is -1.99. The van der Waals surface area contributed by atoms with Crippen LogP contribution in [0.4, 0.5) is 0 Å². The number of aliphatic carboxylic acids is 1. The Kier molecular flexibility index (Phi) is 5.96. The highest BCUT2D eigenvalue weighted by atomic mass is 16.5. The van der Waals surface area contributed by atoms with Crippen LogP contribution in [-0.2, 0) is 4.79 Å². The fourth-order valence-corrected chi connectivity index (χ4v) is 1.36. The van der Waals surface area contributed by atoms with Gasteiger partial charge < -0.3 is 14.6 Å². The van der Waals surface area contributed by atoms with E-state index >= 15 is 0 Å². The quantitative estimate of drug-likeness (QED) is 0.763. The third-order valence-electron chi connectivity index (χ3n) is 2.16. The van der Waals surface area contributed by atoms with Gasteiger partial charge in [0.15, 0.2) is 6.61 Å². The summed E-state index contributed by atoms with van der Waals surface area (Å²) >= 11 is 0. The molecule has 1 rings (SSSR count). The molecule has 0 bridgehead atoms. The minimum atomic E-state index is -1.04. The first-order valence-corrected chi connectivity index (χ1v) is 5.85. The highest BCUT2D eigenvalue weighted by Gasteiger charge is 2.04. The van der Waals surface area contributed by atoms with Crippen molar-refractivity contribution < 1.29 is 19.4 Å². The van der Waals surface area contributed by atoms with E-state index < -0.39 is 5.97 Å². The van der Waals surface area contributed by atoms with Crippen LogP contribution in [0.3, 0.4) is 0 Å². The molecular weight excluding hydrogens is 246 g/mol. The molecule has 100 valence electrons. The van der Waals surface area contributed by atoms with E-state index in [1.165, 1.54) is 6.08 Å². The Labute approximate surface area is 111 Å². The molecule has 0 spiro atoms. The summed E-state index contributed by atoms with van der Waals surface area (Å²) in [5.74, 6) is 0.00691. The molecule has 5 heteroatoms. The lowest BCUT2D eigenvalue weighted by molar-refractivity contribution is -0.131. The van der Waals surface area contributed by atoms with Crippen molar-refractivity contribution in [2.45, 2.75) is 13.3 Å². The van der Waals surface area contributed by atoms with Gasteiger partial charge >= 0.3 is 5.97 Å². The fraction of sp³-hybridized carbons (Fsp3) is 0.286. The Balaban J connectivity index is 2.95. The molecule has 0 unspecified atom stereocenters. The van der Waals surface area contributed by atoms with E-state index in [1.54, 1.807) is 18.2 Å². The largest absolute Gasteiger partial charge is 0.493 e. The summed E-state index contributed by atoms with van der Waals surface area (Å²) in [6, 6.07) is 6.94. The SMILES string of the molecule is CCCOc1ccc(/C=C/C(=O)O)c(OCC#N)c1. The van der Waals surface area contributed by atoms with Crippen molar-refractivity contribution >= 4 is 12.0 Å². The van der Waals surface area contributed by atoms with Gasteiger partial charge in [0.05, 0.1) is 6.61 Å². The number of carboxylic acids is 1. The molecule has 1 aromatic rings. The zero-order valence-electron chi connectivity index (χ0n) is 10.6. The van der Waals surface area contributed by atoms with Crippen LogP contribution in [0.1, 0.15) is 18.9 Å². The van der Waals surface area contributed by atoms with Crippen molar-refractivity contribution in [1.29, 1.82) is 5.26 Å². The molecule has 19 heavy (non-hydrogen) atoms. The molecule has 0 heterocycles. The summed E-state index contributed by atoms with van der Waals surface area (Å²) in [5, 5.41) is 17.1. The minimum Gasteiger partial charge on any atom is -0.493 e. The van der Waals surface area contributed by atoms with Crippen LogP contribution in [0.5, 0.6) is 11.5 Å². The Morgan fingerprint density at radius 1 is 1.47 bits per heavy atom. The number of nitriles is 1. The summed E-state index contributed by atoms with van der Waals surface area (Å²) in [6.07, 6.45) is 3.31. The van der Waals surface area contributed by atoms with Gasteiger partial charge in [0.2, 0.25) is 0 Å². The van der Waals surface area contributed by atoms with E-state index in [0.717, 1.165) is 12.5 Å². The van der Waals surface area contributed by atoms with E-state index in [9.17, 15) is 4.79 Å². The number of carbonyl (C=O) groups is 1. The summed E-state index contributed by atoms with van der Waals surface area (Å²) in [4.78, 5) is 10.5. The first kappa shape index (κ1) is 14.6. The molecule has 0 saturated carbocycles. The molecule has 0 atom stereocenters. The molecule has 1 N–H and O–H groups in total. The number of carboxylic acid groups (broad SMARTS) is 1. The van der Waals surface area contributed by atoms with Gasteiger partial charge in [0, 0.05) is 17.7 Å². The van der Waals surface area contributed by atoms with Crippen LogP contribution in [-0.4, -0.2) is 24.3 Å². The topological polar surface area (TPSA) is 79.6 Å². The second kappa shape index (κ2) is 7.77. The lowest BCUT2D eigenvalue weighted by Gasteiger charge is -2.10. The molecule has 0 amide bonds. The number of hydrogen-bond acceptors (Lipinski definition) is 4. The van der Waals surface area contributed by atoms with Gasteiger partial charge in [0.1, 0.15) is 17.6 Å². The predicted molar refractivity (Wildman–Crippen MR) is 70.0 cm³/mol. The number of nitrogens with zero attached hydrogens (tertiary/aromatic N) is 1. The van der Waals surface area contributed by atoms with Crippen LogP contribution in [0.15, 0.2) is 24.3 Å². The molecule has 0 radical (unpaired) electrons. The number of benzene rings is 1. The smallest absolute Gasteiger partial charge is 0.328 e. The third kappa shape index (κ3) is 5.13. The van der Waals surface area contributed by atoms with Crippen LogP contribution in [0.25, 0.3) is 6.08 Å². The molecule has 1 aromatic carbocycles. The Morgan fingerprint density at radius 3 is 2.89 bits per heavy atom. The van der Waals surface area contributed by atoms with Crippen LogP contribution < -0.4 is 9.47 Å². The molecule has 0 aromatic heterocycles. The van der Waals surface area contributed by atoms with Crippen molar-refractivity contribution in [2.24, 2.45) is 0 Å². The summed E-state index contributed by atoms with van der Waals surface area (Å²) < 4.78 is 10.7. The first-order valence-electron chi connectivity index (χ1n) is 5.85. The van der Waals surface area contributed by atoms with Gasteiger partial charge in [-0.2, -0.15) is 5.26 Å². The number of rotatable bonds is 7. The molecule has 0 aliphatic carbocycles. The van der Waals surface area contributed by atoms with Crippen LogP contribution >= 0.6 is 0 Å². The van der Waals surface area contributed by atoms with Crippen molar-refractivity contribution in [3.63, 3.8) is 0 Å². The second-order valence-electron chi connectivity index (χ2n) is 3.67. The standard InChI is InChI=1S/C14H15NO4/c1-2-8-18-12-5-3-11(4-6-14(16)17)13(10-12)19-9-7-15/h3-6,10H,2,8-9H2,1H3,(H,16,17)/b6-4+. The molecule has 0 fully saturated rings. The minimum absolute atomic E-state index is 0.106. The summed E-state index contributed by atoms with van der Waals surface area (Å²) in [5.41, 5.74) is 0.585. The maximum absolute atomic E-state index is 10.5. The van der Waals surface area contributed by atoms with Gasteiger partial charge in [-0.3, -0.25) is 0 Å².